The van der Waals surface area contributed by atoms with Crippen molar-refractivity contribution < 1.29 is 19.3 Å². The Kier molecular flexibility index (Phi) is 1.89. The summed E-state index contributed by atoms with van der Waals surface area (Å²) in [4.78, 5) is 19.5. The molecule has 78 valence electrons. The molecular weight excluding hydrogens is 208 g/mol. The summed E-state index contributed by atoms with van der Waals surface area (Å²) in [6.07, 6.45) is 0. The molecule has 1 aromatic carbocycles. The molecule has 8 nitrogen and oxygen atoms in total. The molecule has 0 N–H and O–H groups in total. The molecule has 0 spiro atoms. The molecule has 1 aromatic rings. The molecular formula is C7H4N2O6. The summed E-state index contributed by atoms with van der Waals surface area (Å²) >= 11 is 0. The van der Waals surface area contributed by atoms with Crippen LogP contribution < -0.4 is 9.47 Å². The third-order valence-electron chi connectivity index (χ3n) is 1.87. The highest BCUT2D eigenvalue weighted by Crippen LogP contribution is 2.45. The summed E-state index contributed by atoms with van der Waals surface area (Å²) in [5.41, 5.74) is -1.28. The fraction of sp³-hybridized carbons (Fsp3) is 0.143. The maximum absolute atomic E-state index is 10.7. The Labute approximate surface area is 82.3 Å². The monoisotopic (exact) mass is 212 g/mol. The van der Waals surface area contributed by atoms with E-state index in [2.05, 4.69) is 0 Å². The van der Waals surface area contributed by atoms with Gasteiger partial charge < -0.3 is 9.47 Å². The molecule has 0 bridgehead atoms. The molecule has 0 aromatic heterocycles. The lowest BCUT2D eigenvalue weighted by Gasteiger charge is -1.98. The van der Waals surface area contributed by atoms with Gasteiger partial charge in [-0.1, -0.05) is 0 Å². The highest BCUT2D eigenvalue weighted by molar-refractivity contribution is 5.68. The Morgan fingerprint density at radius 2 is 1.87 bits per heavy atom. The molecule has 0 saturated carbocycles. The predicted molar refractivity (Wildman–Crippen MR) is 45.9 cm³/mol. The van der Waals surface area contributed by atoms with E-state index in [1.165, 1.54) is 6.07 Å². The zero-order valence-electron chi connectivity index (χ0n) is 7.21. The summed E-state index contributed by atoms with van der Waals surface area (Å²) in [7, 11) is 0. The van der Waals surface area contributed by atoms with Crippen molar-refractivity contribution in [3.8, 4) is 11.5 Å². The van der Waals surface area contributed by atoms with Gasteiger partial charge >= 0.3 is 11.4 Å². The largest absolute Gasteiger partial charge is 0.453 e. The minimum atomic E-state index is -0.856. The van der Waals surface area contributed by atoms with Gasteiger partial charge in [0.25, 0.3) is 5.75 Å². The standard InChI is InChI=1S/C7H4N2O6/c10-8(11)4-1-2-5-7(15-3-14-5)6(4)9(12)13/h1-2H,3H2. The second-order valence-electron chi connectivity index (χ2n) is 2.68. The lowest BCUT2D eigenvalue weighted by Crippen LogP contribution is -1.98. The molecule has 0 atom stereocenters. The van der Waals surface area contributed by atoms with Gasteiger partial charge in [0.2, 0.25) is 6.79 Å². The van der Waals surface area contributed by atoms with E-state index in [1.807, 2.05) is 0 Å². The van der Waals surface area contributed by atoms with E-state index in [4.69, 9.17) is 9.47 Å². The fourth-order valence-corrected chi connectivity index (χ4v) is 1.27. The van der Waals surface area contributed by atoms with Crippen LogP contribution in [0.1, 0.15) is 0 Å². The second kappa shape index (κ2) is 3.08. The van der Waals surface area contributed by atoms with E-state index in [9.17, 15) is 20.2 Å². The Morgan fingerprint density at radius 3 is 2.47 bits per heavy atom. The quantitative estimate of drug-likeness (QED) is 0.539. The van der Waals surface area contributed by atoms with Crippen molar-refractivity contribution in [2.45, 2.75) is 0 Å². The van der Waals surface area contributed by atoms with E-state index in [0.29, 0.717) is 0 Å². The van der Waals surface area contributed by atoms with E-state index >= 15 is 0 Å². The molecule has 0 radical (unpaired) electrons. The van der Waals surface area contributed by atoms with Crippen molar-refractivity contribution in [2.24, 2.45) is 0 Å². The highest BCUT2D eigenvalue weighted by Gasteiger charge is 2.35. The predicted octanol–water partition coefficient (Wildman–Crippen LogP) is 1.23. The lowest BCUT2D eigenvalue weighted by atomic mass is 10.2. The van der Waals surface area contributed by atoms with Crippen LogP contribution in [-0.2, 0) is 0 Å². The third kappa shape index (κ3) is 1.31. The average molecular weight is 212 g/mol. The first-order valence-electron chi connectivity index (χ1n) is 3.82. The Bertz CT molecular complexity index is 457. The average Bonchev–Trinajstić information content (AvgIpc) is 2.62. The highest BCUT2D eigenvalue weighted by atomic mass is 16.7. The van der Waals surface area contributed by atoms with Gasteiger partial charge in [0.15, 0.2) is 5.75 Å². The molecule has 8 heteroatoms. The molecule has 0 fully saturated rings. The second-order valence-corrected chi connectivity index (χ2v) is 2.68. The number of benzene rings is 1. The molecule has 15 heavy (non-hydrogen) atoms. The van der Waals surface area contributed by atoms with Crippen molar-refractivity contribution >= 4 is 11.4 Å². The normalized spacial score (nSPS) is 12.5. The van der Waals surface area contributed by atoms with Crippen LogP contribution in [0, 0.1) is 20.2 Å². The number of rotatable bonds is 2. The number of nitrogens with zero attached hydrogens (tertiary/aromatic N) is 2. The third-order valence-corrected chi connectivity index (χ3v) is 1.87. The summed E-state index contributed by atoms with van der Waals surface area (Å²) in [6, 6.07) is 2.29. The number of ether oxygens (including phenoxy) is 2. The van der Waals surface area contributed by atoms with Crippen LogP contribution in [-0.4, -0.2) is 16.6 Å². The zero-order valence-corrected chi connectivity index (χ0v) is 7.21. The summed E-state index contributed by atoms with van der Waals surface area (Å²) in [5.74, 6) is -0.0403. The van der Waals surface area contributed by atoms with Crippen molar-refractivity contribution in [2.75, 3.05) is 6.79 Å². The Balaban J connectivity index is 2.69. The maximum Gasteiger partial charge on any atom is 0.391 e. The smallest absolute Gasteiger partial charge is 0.391 e. The molecule has 0 unspecified atom stereocenters. The van der Waals surface area contributed by atoms with Crippen molar-refractivity contribution in [3.05, 3.63) is 32.4 Å². The summed E-state index contributed by atoms with van der Waals surface area (Å²) in [6.45, 7) is -0.169. The SMILES string of the molecule is O=[N+]([O-])c1ccc2c(c1[N+](=O)[O-])OCO2. The molecule has 2 rings (SSSR count). The van der Waals surface area contributed by atoms with Gasteiger partial charge in [-0.25, -0.2) is 0 Å². The number of nitro benzene ring substituents is 2. The number of hydrogen-bond donors (Lipinski definition) is 0. The summed E-state index contributed by atoms with van der Waals surface area (Å²) in [5, 5.41) is 21.2. The van der Waals surface area contributed by atoms with Gasteiger partial charge in [0, 0.05) is 6.07 Å². The lowest BCUT2D eigenvalue weighted by molar-refractivity contribution is -0.423. The van der Waals surface area contributed by atoms with Crippen molar-refractivity contribution in [1.82, 2.24) is 0 Å². The van der Waals surface area contributed by atoms with E-state index in [0.717, 1.165) is 6.07 Å². The van der Waals surface area contributed by atoms with Crippen molar-refractivity contribution in [1.29, 1.82) is 0 Å². The van der Waals surface area contributed by atoms with Gasteiger partial charge in [-0.3, -0.25) is 20.2 Å². The first kappa shape index (κ1) is 9.19. The van der Waals surface area contributed by atoms with Crippen LogP contribution in [0.2, 0.25) is 0 Å². The van der Waals surface area contributed by atoms with Crippen molar-refractivity contribution in [3.63, 3.8) is 0 Å². The first-order valence-corrected chi connectivity index (χ1v) is 3.82. The molecule has 1 heterocycles. The first-order chi connectivity index (χ1) is 7.11. The van der Waals surface area contributed by atoms with Gasteiger partial charge in [0.1, 0.15) is 0 Å². The Hall–Kier alpha value is -2.38. The molecule has 0 aliphatic carbocycles. The summed E-state index contributed by atoms with van der Waals surface area (Å²) < 4.78 is 9.69. The van der Waals surface area contributed by atoms with Gasteiger partial charge in [0.05, 0.1) is 9.85 Å². The number of fused-ring (bicyclic) bond motifs is 1. The Morgan fingerprint density at radius 1 is 1.13 bits per heavy atom. The molecule has 1 aliphatic rings. The zero-order chi connectivity index (χ0) is 11.0. The minimum absolute atomic E-state index is 0.146. The van der Waals surface area contributed by atoms with E-state index in [-0.39, 0.29) is 18.3 Å². The van der Waals surface area contributed by atoms with Crippen LogP contribution in [0.25, 0.3) is 0 Å². The van der Waals surface area contributed by atoms with E-state index in [1.54, 1.807) is 0 Å². The van der Waals surface area contributed by atoms with Crippen LogP contribution in [0.4, 0.5) is 11.4 Å². The molecule has 0 amide bonds. The van der Waals surface area contributed by atoms with Crippen LogP contribution in [0.5, 0.6) is 11.5 Å². The van der Waals surface area contributed by atoms with Crippen LogP contribution >= 0.6 is 0 Å². The van der Waals surface area contributed by atoms with Gasteiger partial charge in [-0.05, 0) is 6.07 Å². The minimum Gasteiger partial charge on any atom is -0.453 e. The van der Waals surface area contributed by atoms with E-state index < -0.39 is 21.2 Å². The maximum atomic E-state index is 10.7. The fourth-order valence-electron chi connectivity index (χ4n) is 1.27. The van der Waals surface area contributed by atoms with Crippen LogP contribution in [0.15, 0.2) is 12.1 Å². The number of nitro groups is 2. The molecule has 0 saturated heterocycles. The van der Waals surface area contributed by atoms with Crippen LogP contribution in [0.3, 0.4) is 0 Å². The number of hydrogen-bond acceptors (Lipinski definition) is 6. The van der Waals surface area contributed by atoms with Gasteiger partial charge in [-0.15, -0.1) is 0 Å². The molecule has 1 aliphatic heterocycles. The van der Waals surface area contributed by atoms with Gasteiger partial charge in [-0.2, -0.15) is 0 Å². The topological polar surface area (TPSA) is 105 Å².